The van der Waals surface area contributed by atoms with Crippen LogP contribution >= 0.6 is 35.0 Å². The summed E-state index contributed by atoms with van der Waals surface area (Å²) in [5.74, 6) is -0.135. The van der Waals surface area contributed by atoms with Crippen LogP contribution in [0, 0.1) is 5.92 Å². The zero-order valence-corrected chi connectivity index (χ0v) is 24.5. The van der Waals surface area contributed by atoms with E-state index in [0.717, 1.165) is 12.8 Å². The molecule has 2 heterocycles. The number of alkyl halides is 2. The van der Waals surface area contributed by atoms with Gasteiger partial charge < -0.3 is 24.8 Å². The van der Waals surface area contributed by atoms with Crippen LogP contribution in [0.2, 0.25) is 10.0 Å². The summed E-state index contributed by atoms with van der Waals surface area (Å²) in [7, 11) is 0. The van der Waals surface area contributed by atoms with Gasteiger partial charge in [-0.3, -0.25) is 9.78 Å². The molecule has 1 amide bonds. The average Bonchev–Trinajstić information content (AvgIpc) is 3.66. The Morgan fingerprint density at radius 3 is 2.45 bits per heavy atom. The van der Waals surface area contributed by atoms with Gasteiger partial charge in [-0.1, -0.05) is 29.3 Å². The number of rotatable bonds is 11. The fraction of sp³-hybridized carbons (Fsp3) is 0.345. The van der Waals surface area contributed by atoms with E-state index in [9.17, 15) is 18.4 Å². The molecule has 2 atom stereocenters. The Morgan fingerprint density at radius 1 is 1.07 bits per heavy atom. The third kappa shape index (κ3) is 7.37. The first kappa shape index (κ1) is 30.2. The summed E-state index contributed by atoms with van der Waals surface area (Å²) in [6.45, 7) is -2.36. The van der Waals surface area contributed by atoms with Crippen LogP contribution in [0.15, 0.2) is 54.9 Å². The van der Waals surface area contributed by atoms with Gasteiger partial charge in [0.25, 0.3) is 5.91 Å². The lowest BCUT2D eigenvalue weighted by Crippen LogP contribution is -2.40. The fourth-order valence-electron chi connectivity index (χ4n) is 4.43. The van der Waals surface area contributed by atoms with Crippen molar-refractivity contribution >= 4 is 52.5 Å². The van der Waals surface area contributed by atoms with E-state index in [1.54, 1.807) is 24.3 Å². The van der Waals surface area contributed by atoms with Crippen LogP contribution < -0.4 is 15.2 Å². The molecule has 1 aliphatic heterocycles. The van der Waals surface area contributed by atoms with Crippen LogP contribution in [-0.2, 0) is 16.0 Å². The number of nitrogens with zero attached hydrogens (tertiary/aromatic N) is 2. The zero-order valence-electron chi connectivity index (χ0n) is 22.2. The van der Waals surface area contributed by atoms with Gasteiger partial charge in [-0.2, -0.15) is 8.78 Å². The number of nitrogens with two attached hydrogens (primary N) is 1. The first-order valence-electron chi connectivity index (χ1n) is 13.2. The molecule has 13 heteroatoms. The molecule has 2 fully saturated rings. The minimum atomic E-state index is -3.05. The molecule has 1 unspecified atom stereocenters. The molecule has 5 rings (SSSR count). The van der Waals surface area contributed by atoms with Crippen LogP contribution in [0.5, 0.6) is 11.5 Å². The molecule has 1 saturated heterocycles. The second-order valence-corrected chi connectivity index (χ2v) is 11.9. The normalized spacial score (nSPS) is 17.3. The number of aromatic nitrogens is 1. The summed E-state index contributed by atoms with van der Waals surface area (Å²) in [4.78, 5) is 32.3. The van der Waals surface area contributed by atoms with E-state index in [1.165, 1.54) is 47.3 Å². The summed E-state index contributed by atoms with van der Waals surface area (Å²) >= 11 is 14.1. The number of hydrogen-bond acceptors (Lipinski definition) is 8. The second-order valence-electron chi connectivity index (χ2n) is 9.89. The monoisotopic (exact) mass is 637 g/mol. The van der Waals surface area contributed by atoms with Crippen LogP contribution in [0.4, 0.5) is 14.5 Å². The number of amides is 1. The molecular formula is C29H27Cl2F2N3O5S. The Balaban J connectivity index is 1.43. The third-order valence-electron chi connectivity index (χ3n) is 6.84. The number of carbonyl (C=O) groups is 2. The predicted molar refractivity (Wildman–Crippen MR) is 156 cm³/mol. The van der Waals surface area contributed by atoms with Gasteiger partial charge in [0, 0.05) is 42.4 Å². The number of ether oxygens (including phenoxy) is 3. The second kappa shape index (κ2) is 13.4. The highest BCUT2D eigenvalue weighted by Gasteiger charge is 2.38. The van der Waals surface area contributed by atoms with E-state index >= 15 is 0 Å². The summed E-state index contributed by atoms with van der Waals surface area (Å²) < 4.78 is 42.8. The third-order valence-corrected chi connectivity index (χ3v) is 8.67. The Labute approximate surface area is 255 Å². The number of hydrogen-bond donors (Lipinski definition) is 1. The quantitative estimate of drug-likeness (QED) is 0.190. The molecule has 222 valence electrons. The Kier molecular flexibility index (Phi) is 9.60. The van der Waals surface area contributed by atoms with Crippen molar-refractivity contribution in [3.05, 3.63) is 81.6 Å². The maximum Gasteiger partial charge on any atom is 0.387 e. The number of esters is 1. The summed E-state index contributed by atoms with van der Waals surface area (Å²) in [5.41, 5.74) is 7.58. The van der Waals surface area contributed by atoms with Crippen LogP contribution in [0.1, 0.15) is 40.4 Å². The van der Waals surface area contributed by atoms with Crippen LogP contribution in [0.3, 0.4) is 0 Å². The van der Waals surface area contributed by atoms with Gasteiger partial charge in [-0.15, -0.1) is 11.8 Å². The summed E-state index contributed by atoms with van der Waals surface area (Å²) in [6, 6.07) is 10.8. The molecule has 0 bridgehead atoms. The molecule has 1 aliphatic carbocycles. The maximum atomic E-state index is 13.6. The van der Waals surface area contributed by atoms with Crippen molar-refractivity contribution in [3.63, 3.8) is 0 Å². The molecule has 3 aromatic rings. The topological polar surface area (TPSA) is 104 Å². The Bertz CT molecular complexity index is 1430. The molecular weight excluding hydrogens is 611 g/mol. The van der Waals surface area contributed by atoms with E-state index in [2.05, 4.69) is 9.72 Å². The van der Waals surface area contributed by atoms with E-state index in [4.69, 9.17) is 38.4 Å². The highest BCUT2D eigenvalue weighted by molar-refractivity contribution is 8.00. The van der Waals surface area contributed by atoms with Crippen LogP contribution in [-0.4, -0.2) is 52.7 Å². The van der Waals surface area contributed by atoms with E-state index in [1.807, 2.05) is 0 Å². The zero-order chi connectivity index (χ0) is 29.8. The molecule has 0 spiro atoms. The molecule has 1 aromatic heterocycles. The number of halogens is 4. The van der Waals surface area contributed by atoms with Gasteiger partial charge in [0.15, 0.2) is 16.9 Å². The van der Waals surface area contributed by atoms with Crippen molar-refractivity contribution in [1.82, 2.24) is 9.88 Å². The van der Waals surface area contributed by atoms with Crippen molar-refractivity contribution in [1.29, 1.82) is 0 Å². The van der Waals surface area contributed by atoms with E-state index < -0.39 is 24.1 Å². The summed E-state index contributed by atoms with van der Waals surface area (Å²) in [5, 5.41) is -0.378. The first-order chi connectivity index (χ1) is 20.2. The average molecular weight is 639 g/mol. The van der Waals surface area contributed by atoms with Gasteiger partial charge in [0.1, 0.15) is 6.10 Å². The number of benzene rings is 2. The highest BCUT2D eigenvalue weighted by atomic mass is 35.5. The van der Waals surface area contributed by atoms with Gasteiger partial charge in [-0.05, 0) is 66.3 Å². The van der Waals surface area contributed by atoms with Crippen molar-refractivity contribution in [3.8, 4) is 11.5 Å². The fourth-order valence-corrected chi connectivity index (χ4v) is 6.05. The minimum Gasteiger partial charge on any atom is -0.489 e. The van der Waals surface area contributed by atoms with Crippen molar-refractivity contribution in [2.75, 3.05) is 24.6 Å². The molecule has 42 heavy (non-hydrogen) atoms. The number of thioether (sulfide) groups is 1. The molecule has 8 nitrogen and oxygen atoms in total. The van der Waals surface area contributed by atoms with E-state index in [-0.39, 0.29) is 33.9 Å². The molecule has 2 aliphatic rings. The van der Waals surface area contributed by atoms with Crippen LogP contribution in [0.25, 0.3) is 0 Å². The number of carbonyl (C=O) groups excluding carboxylic acids is 2. The van der Waals surface area contributed by atoms with Gasteiger partial charge in [0.2, 0.25) is 0 Å². The molecule has 2 aromatic carbocycles. The SMILES string of the molecule is Nc1ccc(C(=O)N2CCSC2C(=O)O[C@@H](Cc2c(Cl)cncc2Cl)c2ccc(OC(F)F)c(OCC3CC3)c2)cc1. The number of nitrogen functional groups attached to an aromatic ring is 1. The largest absolute Gasteiger partial charge is 0.489 e. The predicted octanol–water partition coefficient (Wildman–Crippen LogP) is 6.40. The molecule has 2 N–H and O–H groups in total. The molecule has 1 saturated carbocycles. The number of pyridine rings is 1. The summed E-state index contributed by atoms with van der Waals surface area (Å²) in [6.07, 6.45) is 3.92. The smallest absolute Gasteiger partial charge is 0.387 e. The lowest BCUT2D eigenvalue weighted by atomic mass is 10.0. The lowest BCUT2D eigenvalue weighted by molar-refractivity contribution is -0.151. The maximum absolute atomic E-state index is 13.6. The minimum absolute atomic E-state index is 0.0480. The highest BCUT2D eigenvalue weighted by Crippen LogP contribution is 2.39. The van der Waals surface area contributed by atoms with Crippen molar-refractivity contribution in [2.45, 2.75) is 37.4 Å². The lowest BCUT2D eigenvalue weighted by Gasteiger charge is -2.26. The Morgan fingerprint density at radius 2 is 1.79 bits per heavy atom. The van der Waals surface area contributed by atoms with E-state index in [0.29, 0.717) is 47.2 Å². The van der Waals surface area contributed by atoms with Crippen molar-refractivity contribution in [2.24, 2.45) is 5.92 Å². The van der Waals surface area contributed by atoms with Crippen molar-refractivity contribution < 1.29 is 32.6 Å². The first-order valence-corrected chi connectivity index (χ1v) is 15.0. The van der Waals surface area contributed by atoms with Gasteiger partial charge in [-0.25, -0.2) is 4.79 Å². The van der Waals surface area contributed by atoms with Gasteiger partial charge >= 0.3 is 12.6 Å². The van der Waals surface area contributed by atoms with Gasteiger partial charge in [0.05, 0.1) is 16.7 Å². The number of anilines is 1. The standard InChI is InChI=1S/C29H27Cl2F2N3O5S/c30-21-13-35-14-22(31)20(21)12-24(18-5-8-23(41-29(32)33)25(11-18)39-15-16-1-2-16)40-28(38)27-36(9-10-42-27)26(37)17-3-6-19(34)7-4-17/h3-8,11,13-14,16,24,27,29H,1-2,9-10,12,15,34H2/t24-,27?/m0/s1. The molecule has 0 radical (unpaired) electrons. The Hall–Kier alpha value is -3.28.